The molecular weight excluding hydrogens is 244 g/mol. The van der Waals surface area contributed by atoms with Crippen molar-refractivity contribution in [3.05, 3.63) is 29.3 Å². The third-order valence-corrected chi connectivity index (χ3v) is 4.36. The maximum atomic E-state index is 5.34. The van der Waals surface area contributed by atoms with Crippen molar-refractivity contribution in [3.8, 4) is 0 Å². The van der Waals surface area contributed by atoms with Crippen LogP contribution in [0, 0.1) is 0 Å². The lowest BCUT2D eigenvalue weighted by Gasteiger charge is -2.09. The van der Waals surface area contributed by atoms with Crippen LogP contribution in [-0.4, -0.2) is 30.8 Å². The number of fused-ring (bicyclic) bond motifs is 1. The summed E-state index contributed by atoms with van der Waals surface area (Å²) in [6, 6.07) is 8.92. The number of benzene rings is 1. The number of nitrogens with zero attached hydrogens (tertiary/aromatic N) is 1. The average Bonchev–Trinajstić information content (AvgIpc) is 3.03. The first kappa shape index (κ1) is 12.1. The standard InChI is InChI=1S/C14H18N2OS/c1-2-5-13-12(4-1)16-14(18-13)6-3-8-15-11-7-9-17-10-11/h1-2,4-5,11,15H,3,6-10H2/t11-/m1/s1. The fraction of sp³-hybridized carbons (Fsp3) is 0.500. The number of ether oxygens (including phenoxy) is 1. The van der Waals surface area contributed by atoms with Crippen molar-refractivity contribution in [3.63, 3.8) is 0 Å². The molecule has 1 aromatic carbocycles. The van der Waals surface area contributed by atoms with Crippen LogP contribution in [0.5, 0.6) is 0 Å². The zero-order chi connectivity index (χ0) is 12.2. The Kier molecular flexibility index (Phi) is 3.88. The smallest absolute Gasteiger partial charge is 0.0939 e. The number of thiazole rings is 1. The number of hydrogen-bond acceptors (Lipinski definition) is 4. The topological polar surface area (TPSA) is 34.1 Å². The van der Waals surface area contributed by atoms with Gasteiger partial charge in [0.1, 0.15) is 0 Å². The van der Waals surface area contributed by atoms with Gasteiger partial charge in [-0.1, -0.05) is 12.1 Å². The molecule has 1 saturated heterocycles. The fourth-order valence-corrected chi connectivity index (χ4v) is 3.28. The van der Waals surface area contributed by atoms with Crippen LogP contribution in [0.25, 0.3) is 10.2 Å². The molecule has 1 atom stereocenters. The van der Waals surface area contributed by atoms with Gasteiger partial charge in [-0.05, 0) is 31.5 Å². The fourth-order valence-electron chi connectivity index (χ4n) is 2.27. The van der Waals surface area contributed by atoms with Gasteiger partial charge in [0.25, 0.3) is 0 Å². The van der Waals surface area contributed by atoms with Crippen molar-refractivity contribution in [2.45, 2.75) is 25.3 Å². The Hall–Kier alpha value is -0.970. The summed E-state index contributed by atoms with van der Waals surface area (Å²) >= 11 is 1.82. The molecule has 0 bridgehead atoms. The van der Waals surface area contributed by atoms with Crippen molar-refractivity contribution in [2.24, 2.45) is 0 Å². The number of aryl methyl sites for hydroxylation is 1. The molecular formula is C14H18N2OS. The van der Waals surface area contributed by atoms with Crippen LogP contribution in [-0.2, 0) is 11.2 Å². The Morgan fingerprint density at radius 2 is 2.33 bits per heavy atom. The normalized spacial score (nSPS) is 19.7. The zero-order valence-electron chi connectivity index (χ0n) is 10.4. The highest BCUT2D eigenvalue weighted by Gasteiger charge is 2.13. The summed E-state index contributed by atoms with van der Waals surface area (Å²) in [6.07, 6.45) is 3.37. The molecule has 0 saturated carbocycles. The van der Waals surface area contributed by atoms with Gasteiger partial charge in [-0.2, -0.15) is 0 Å². The zero-order valence-corrected chi connectivity index (χ0v) is 11.2. The molecule has 3 nitrogen and oxygen atoms in total. The molecule has 3 rings (SSSR count). The third-order valence-electron chi connectivity index (χ3n) is 3.27. The number of para-hydroxylation sites is 1. The molecule has 0 amide bonds. The van der Waals surface area contributed by atoms with E-state index in [1.165, 1.54) is 9.71 Å². The van der Waals surface area contributed by atoms with Gasteiger partial charge in [0.05, 0.1) is 21.8 Å². The first-order valence-corrected chi connectivity index (χ1v) is 7.39. The SMILES string of the molecule is c1ccc2sc(CCCN[C@@H]3CCOC3)nc2c1. The second kappa shape index (κ2) is 5.78. The van der Waals surface area contributed by atoms with Gasteiger partial charge >= 0.3 is 0 Å². The van der Waals surface area contributed by atoms with E-state index in [4.69, 9.17) is 4.74 Å². The summed E-state index contributed by atoms with van der Waals surface area (Å²) in [6.45, 7) is 2.85. The first-order valence-electron chi connectivity index (χ1n) is 6.57. The van der Waals surface area contributed by atoms with Crippen LogP contribution in [0.1, 0.15) is 17.8 Å². The first-order chi connectivity index (χ1) is 8.92. The lowest BCUT2D eigenvalue weighted by molar-refractivity contribution is 0.190. The van der Waals surface area contributed by atoms with Gasteiger partial charge in [0.2, 0.25) is 0 Å². The second-order valence-corrected chi connectivity index (χ2v) is 5.81. The van der Waals surface area contributed by atoms with Crippen LogP contribution in [0.15, 0.2) is 24.3 Å². The van der Waals surface area contributed by atoms with E-state index in [-0.39, 0.29) is 0 Å². The average molecular weight is 262 g/mol. The molecule has 1 N–H and O–H groups in total. The van der Waals surface area contributed by atoms with Crippen molar-refractivity contribution < 1.29 is 4.74 Å². The molecule has 96 valence electrons. The van der Waals surface area contributed by atoms with Gasteiger partial charge < -0.3 is 10.1 Å². The van der Waals surface area contributed by atoms with E-state index in [1.54, 1.807) is 0 Å². The maximum Gasteiger partial charge on any atom is 0.0939 e. The molecule has 1 fully saturated rings. The van der Waals surface area contributed by atoms with Crippen LogP contribution < -0.4 is 5.32 Å². The molecule has 0 aliphatic carbocycles. The lowest BCUT2D eigenvalue weighted by atomic mass is 10.2. The Balaban J connectivity index is 1.47. The van der Waals surface area contributed by atoms with E-state index >= 15 is 0 Å². The number of rotatable bonds is 5. The van der Waals surface area contributed by atoms with E-state index in [0.29, 0.717) is 6.04 Å². The molecule has 0 unspecified atom stereocenters. The molecule has 1 aliphatic rings. The van der Waals surface area contributed by atoms with Gasteiger partial charge in [-0.3, -0.25) is 0 Å². The Morgan fingerprint density at radius 3 is 3.17 bits per heavy atom. The lowest BCUT2D eigenvalue weighted by Crippen LogP contribution is -2.30. The molecule has 4 heteroatoms. The number of nitrogens with one attached hydrogen (secondary N) is 1. The van der Waals surface area contributed by atoms with Gasteiger partial charge in [0, 0.05) is 19.1 Å². The van der Waals surface area contributed by atoms with Crippen LogP contribution in [0.4, 0.5) is 0 Å². The Morgan fingerprint density at radius 1 is 1.39 bits per heavy atom. The summed E-state index contributed by atoms with van der Waals surface area (Å²) in [5.41, 5.74) is 1.13. The van der Waals surface area contributed by atoms with E-state index in [2.05, 4.69) is 28.5 Å². The molecule has 1 aliphatic heterocycles. The number of hydrogen-bond donors (Lipinski definition) is 1. The monoisotopic (exact) mass is 262 g/mol. The van der Waals surface area contributed by atoms with E-state index in [1.807, 2.05) is 17.4 Å². The minimum Gasteiger partial charge on any atom is -0.380 e. The summed E-state index contributed by atoms with van der Waals surface area (Å²) in [4.78, 5) is 4.65. The third kappa shape index (κ3) is 2.88. The summed E-state index contributed by atoms with van der Waals surface area (Å²) < 4.78 is 6.64. The van der Waals surface area contributed by atoms with E-state index in [0.717, 1.165) is 44.5 Å². The molecule has 1 aromatic heterocycles. The van der Waals surface area contributed by atoms with Gasteiger partial charge in [-0.25, -0.2) is 4.98 Å². The Bertz CT molecular complexity index is 472. The quantitative estimate of drug-likeness (QED) is 0.841. The van der Waals surface area contributed by atoms with Crippen molar-refractivity contribution in [1.29, 1.82) is 0 Å². The van der Waals surface area contributed by atoms with Crippen molar-refractivity contribution in [2.75, 3.05) is 19.8 Å². The van der Waals surface area contributed by atoms with Crippen LogP contribution >= 0.6 is 11.3 Å². The predicted molar refractivity (Wildman–Crippen MR) is 75.2 cm³/mol. The molecule has 2 heterocycles. The highest BCUT2D eigenvalue weighted by Crippen LogP contribution is 2.22. The summed E-state index contributed by atoms with van der Waals surface area (Å²) in [5, 5.41) is 4.79. The highest BCUT2D eigenvalue weighted by molar-refractivity contribution is 7.18. The van der Waals surface area contributed by atoms with Crippen molar-refractivity contribution in [1.82, 2.24) is 10.3 Å². The highest BCUT2D eigenvalue weighted by atomic mass is 32.1. The molecule has 18 heavy (non-hydrogen) atoms. The Labute approximate surface area is 111 Å². The minimum absolute atomic E-state index is 0.570. The second-order valence-electron chi connectivity index (χ2n) is 4.69. The van der Waals surface area contributed by atoms with Crippen molar-refractivity contribution >= 4 is 21.6 Å². The summed E-state index contributed by atoms with van der Waals surface area (Å²) in [7, 11) is 0. The maximum absolute atomic E-state index is 5.34. The van der Waals surface area contributed by atoms with E-state index < -0.39 is 0 Å². The van der Waals surface area contributed by atoms with E-state index in [9.17, 15) is 0 Å². The molecule has 0 radical (unpaired) electrons. The number of aromatic nitrogens is 1. The predicted octanol–water partition coefficient (Wildman–Crippen LogP) is 2.61. The van der Waals surface area contributed by atoms with Crippen LogP contribution in [0.2, 0.25) is 0 Å². The largest absolute Gasteiger partial charge is 0.380 e. The molecule has 2 aromatic rings. The van der Waals surface area contributed by atoms with Crippen LogP contribution in [0.3, 0.4) is 0 Å². The van der Waals surface area contributed by atoms with Gasteiger partial charge in [0.15, 0.2) is 0 Å². The summed E-state index contributed by atoms with van der Waals surface area (Å²) in [5.74, 6) is 0. The molecule has 0 spiro atoms. The minimum atomic E-state index is 0.570. The van der Waals surface area contributed by atoms with Gasteiger partial charge in [-0.15, -0.1) is 11.3 Å².